The summed E-state index contributed by atoms with van der Waals surface area (Å²) in [5.74, 6) is 0.711. The fraction of sp³-hybridized carbons (Fsp3) is 0.0714. The van der Waals surface area contributed by atoms with Crippen molar-refractivity contribution in [3.63, 3.8) is 0 Å². The molecule has 0 aliphatic rings. The van der Waals surface area contributed by atoms with E-state index in [2.05, 4.69) is 22.2 Å². The number of rotatable bonds is 3. The Kier molecular flexibility index (Phi) is 3.58. The molecule has 0 radical (unpaired) electrons. The molecule has 0 unspecified atom stereocenters. The number of nitrogens with one attached hydrogen (secondary N) is 1. The molecule has 0 aliphatic heterocycles. The molecule has 6 heteroatoms. The van der Waals surface area contributed by atoms with E-state index >= 15 is 0 Å². The number of aromatic nitrogens is 3. The van der Waals surface area contributed by atoms with Crippen LogP contribution in [0.2, 0.25) is 0 Å². The highest BCUT2D eigenvalue weighted by Crippen LogP contribution is 2.18. The maximum atomic E-state index is 5.23. The van der Waals surface area contributed by atoms with E-state index in [-0.39, 0.29) is 0 Å². The van der Waals surface area contributed by atoms with Gasteiger partial charge in [0.15, 0.2) is 5.82 Å². The molecule has 0 fully saturated rings. The van der Waals surface area contributed by atoms with Crippen LogP contribution in [0.5, 0.6) is 0 Å². The van der Waals surface area contributed by atoms with E-state index in [0.717, 1.165) is 10.4 Å². The smallest absolute Gasteiger partial charge is 0.216 e. The van der Waals surface area contributed by atoms with E-state index in [0.29, 0.717) is 10.6 Å². The molecule has 0 spiro atoms. The molecule has 0 bridgehead atoms. The Hall–Kier alpha value is -2.05. The Balaban J connectivity index is 2.01. The SMILES string of the molecule is Cc1ccc(-c2n[nH]c(=S)n2/N=C/c2cccs2)cc1. The average molecular weight is 300 g/mol. The zero-order valence-electron chi connectivity index (χ0n) is 10.8. The molecule has 0 aliphatic carbocycles. The third kappa shape index (κ3) is 2.61. The summed E-state index contributed by atoms with van der Waals surface area (Å²) in [4.78, 5) is 1.07. The number of nitrogens with zero attached hydrogens (tertiary/aromatic N) is 3. The van der Waals surface area contributed by atoms with E-state index in [1.165, 1.54) is 5.56 Å². The van der Waals surface area contributed by atoms with Gasteiger partial charge in [0.1, 0.15) is 0 Å². The van der Waals surface area contributed by atoms with Crippen LogP contribution in [0.4, 0.5) is 0 Å². The second-order valence-corrected chi connectivity index (χ2v) is 5.66. The largest absolute Gasteiger partial charge is 0.250 e. The van der Waals surface area contributed by atoms with Crippen molar-refractivity contribution < 1.29 is 0 Å². The van der Waals surface area contributed by atoms with Crippen LogP contribution < -0.4 is 0 Å². The predicted molar refractivity (Wildman–Crippen MR) is 84.9 cm³/mol. The standard InChI is InChI=1S/C14H12N4S2/c1-10-4-6-11(7-5-10)13-16-17-14(19)18(13)15-9-12-3-2-8-20-12/h2-9H,1H3,(H,17,19)/b15-9+. The topological polar surface area (TPSA) is 46.0 Å². The molecule has 3 rings (SSSR count). The average Bonchev–Trinajstić information content (AvgIpc) is 3.07. The van der Waals surface area contributed by atoms with Crippen molar-refractivity contribution in [3.05, 3.63) is 57.0 Å². The molecule has 0 amide bonds. The van der Waals surface area contributed by atoms with Crippen molar-refractivity contribution in [2.75, 3.05) is 0 Å². The first kappa shape index (κ1) is 13.0. The summed E-state index contributed by atoms with van der Waals surface area (Å²) < 4.78 is 2.12. The lowest BCUT2D eigenvalue weighted by Crippen LogP contribution is -1.94. The van der Waals surface area contributed by atoms with Crippen molar-refractivity contribution in [1.29, 1.82) is 0 Å². The molecule has 20 heavy (non-hydrogen) atoms. The fourth-order valence-corrected chi connectivity index (χ4v) is 2.53. The van der Waals surface area contributed by atoms with Crippen molar-refractivity contribution in [1.82, 2.24) is 14.9 Å². The van der Waals surface area contributed by atoms with Gasteiger partial charge in [0, 0.05) is 10.4 Å². The molecule has 0 saturated heterocycles. The molecule has 3 aromatic rings. The van der Waals surface area contributed by atoms with Gasteiger partial charge < -0.3 is 0 Å². The van der Waals surface area contributed by atoms with Gasteiger partial charge in [0.05, 0.1) is 6.21 Å². The zero-order valence-corrected chi connectivity index (χ0v) is 12.4. The van der Waals surface area contributed by atoms with Crippen LogP contribution in [0.3, 0.4) is 0 Å². The Labute approximate surface area is 125 Å². The number of H-pyrrole nitrogens is 1. The lowest BCUT2D eigenvalue weighted by Gasteiger charge is -2.01. The minimum atomic E-state index is 0.480. The number of aromatic amines is 1. The van der Waals surface area contributed by atoms with Gasteiger partial charge in [-0.3, -0.25) is 0 Å². The van der Waals surface area contributed by atoms with Gasteiger partial charge in [0.2, 0.25) is 4.77 Å². The Morgan fingerprint density at radius 1 is 1.30 bits per heavy atom. The Morgan fingerprint density at radius 2 is 2.10 bits per heavy atom. The minimum Gasteiger partial charge on any atom is -0.250 e. The first-order valence-corrected chi connectivity index (χ1v) is 7.35. The zero-order chi connectivity index (χ0) is 13.9. The summed E-state index contributed by atoms with van der Waals surface area (Å²) in [7, 11) is 0. The van der Waals surface area contributed by atoms with E-state index in [1.54, 1.807) is 22.2 Å². The molecule has 1 N–H and O–H groups in total. The van der Waals surface area contributed by atoms with Gasteiger partial charge in [-0.05, 0) is 30.6 Å². The molecule has 0 saturated carbocycles. The third-order valence-electron chi connectivity index (χ3n) is 2.80. The van der Waals surface area contributed by atoms with Crippen LogP contribution >= 0.6 is 23.6 Å². The maximum Gasteiger partial charge on any atom is 0.216 e. The van der Waals surface area contributed by atoms with Crippen molar-refractivity contribution >= 4 is 29.8 Å². The Morgan fingerprint density at radius 3 is 2.80 bits per heavy atom. The lowest BCUT2D eigenvalue weighted by atomic mass is 10.1. The van der Waals surface area contributed by atoms with Gasteiger partial charge >= 0.3 is 0 Å². The van der Waals surface area contributed by atoms with Crippen LogP contribution in [0.25, 0.3) is 11.4 Å². The highest BCUT2D eigenvalue weighted by Gasteiger charge is 2.07. The summed E-state index contributed by atoms with van der Waals surface area (Å²) in [5, 5.41) is 13.5. The number of hydrogen-bond donors (Lipinski definition) is 1. The first-order valence-electron chi connectivity index (χ1n) is 6.06. The Bertz CT molecular complexity index is 779. The van der Waals surface area contributed by atoms with E-state index < -0.39 is 0 Å². The van der Waals surface area contributed by atoms with Crippen LogP contribution in [0.15, 0.2) is 46.9 Å². The van der Waals surface area contributed by atoms with E-state index in [1.807, 2.05) is 41.8 Å². The second kappa shape index (κ2) is 5.52. The third-order valence-corrected chi connectivity index (χ3v) is 3.87. The molecule has 2 aromatic heterocycles. The van der Waals surface area contributed by atoms with Crippen LogP contribution in [-0.4, -0.2) is 21.1 Å². The summed E-state index contributed by atoms with van der Waals surface area (Å²) in [5.41, 5.74) is 2.18. The number of thiophene rings is 1. The van der Waals surface area contributed by atoms with Crippen molar-refractivity contribution in [3.8, 4) is 11.4 Å². The van der Waals surface area contributed by atoms with Crippen LogP contribution in [-0.2, 0) is 0 Å². The van der Waals surface area contributed by atoms with Crippen LogP contribution in [0, 0.1) is 11.7 Å². The predicted octanol–water partition coefficient (Wildman–Crippen LogP) is 3.86. The first-order chi connectivity index (χ1) is 9.74. The summed E-state index contributed by atoms with van der Waals surface area (Å²) >= 11 is 6.85. The highest BCUT2D eigenvalue weighted by molar-refractivity contribution is 7.71. The minimum absolute atomic E-state index is 0.480. The molecule has 4 nitrogen and oxygen atoms in total. The lowest BCUT2D eigenvalue weighted by molar-refractivity contribution is 0.872. The molecule has 0 atom stereocenters. The normalized spacial score (nSPS) is 11.2. The molecular formula is C14H12N4S2. The van der Waals surface area contributed by atoms with E-state index in [4.69, 9.17) is 12.2 Å². The van der Waals surface area contributed by atoms with Gasteiger partial charge in [-0.25, -0.2) is 5.10 Å². The number of benzene rings is 1. The fourth-order valence-electron chi connectivity index (χ4n) is 1.77. The summed E-state index contributed by atoms with van der Waals surface area (Å²) in [6.45, 7) is 2.05. The maximum absolute atomic E-state index is 5.23. The molecule has 1 aromatic carbocycles. The second-order valence-electron chi connectivity index (χ2n) is 4.29. The van der Waals surface area contributed by atoms with Gasteiger partial charge in [-0.2, -0.15) is 14.9 Å². The van der Waals surface area contributed by atoms with Crippen molar-refractivity contribution in [2.24, 2.45) is 5.10 Å². The molecule has 100 valence electrons. The van der Waals surface area contributed by atoms with Crippen LogP contribution in [0.1, 0.15) is 10.4 Å². The monoisotopic (exact) mass is 300 g/mol. The van der Waals surface area contributed by atoms with E-state index in [9.17, 15) is 0 Å². The molecular weight excluding hydrogens is 288 g/mol. The summed E-state index contributed by atoms with van der Waals surface area (Å²) in [6.07, 6.45) is 1.79. The highest BCUT2D eigenvalue weighted by atomic mass is 32.1. The number of hydrogen-bond acceptors (Lipinski definition) is 4. The van der Waals surface area contributed by atoms with Gasteiger partial charge in [-0.1, -0.05) is 35.9 Å². The number of aryl methyl sites for hydroxylation is 1. The van der Waals surface area contributed by atoms with Gasteiger partial charge in [0.25, 0.3) is 0 Å². The van der Waals surface area contributed by atoms with Crippen molar-refractivity contribution in [2.45, 2.75) is 6.92 Å². The quantitative estimate of drug-likeness (QED) is 0.590. The summed E-state index contributed by atoms with van der Waals surface area (Å²) in [6, 6.07) is 12.1. The molecule has 2 heterocycles. The van der Waals surface area contributed by atoms with Gasteiger partial charge in [-0.15, -0.1) is 11.3 Å².